The van der Waals surface area contributed by atoms with Crippen LogP contribution in [0.2, 0.25) is 0 Å². The van der Waals surface area contributed by atoms with Crippen LogP contribution < -0.4 is 10.9 Å². The number of amides is 3. The van der Waals surface area contributed by atoms with E-state index in [1.807, 2.05) is 30.3 Å². The van der Waals surface area contributed by atoms with E-state index >= 15 is 0 Å². The number of nitrogens with zero attached hydrogens (tertiary/aromatic N) is 2. The molecule has 2 aromatic rings. The van der Waals surface area contributed by atoms with Gasteiger partial charge in [0.1, 0.15) is 0 Å². The highest BCUT2D eigenvalue weighted by Gasteiger charge is 2.34. The summed E-state index contributed by atoms with van der Waals surface area (Å²) >= 11 is 0. The van der Waals surface area contributed by atoms with Gasteiger partial charge in [-0.15, -0.1) is 0 Å². The third kappa shape index (κ3) is 4.20. The number of rotatable bonds is 4. The Hall–Kier alpha value is -3.22. The van der Waals surface area contributed by atoms with Crippen molar-refractivity contribution in [3.63, 3.8) is 0 Å². The van der Waals surface area contributed by atoms with Gasteiger partial charge in [0.2, 0.25) is 11.8 Å². The van der Waals surface area contributed by atoms with E-state index in [0.717, 1.165) is 5.56 Å². The molecule has 0 aliphatic carbocycles. The van der Waals surface area contributed by atoms with Crippen LogP contribution in [0.15, 0.2) is 54.9 Å². The molecule has 0 saturated carbocycles. The smallest absolute Gasteiger partial charge is 0.271 e. The first-order valence-electron chi connectivity index (χ1n) is 7.95. The van der Waals surface area contributed by atoms with Gasteiger partial charge < -0.3 is 4.90 Å². The highest BCUT2D eigenvalue weighted by atomic mass is 16.2. The summed E-state index contributed by atoms with van der Waals surface area (Å²) in [4.78, 5) is 41.7. The zero-order chi connectivity index (χ0) is 17.6. The maximum atomic E-state index is 12.2. The molecule has 1 aromatic carbocycles. The minimum atomic E-state index is -0.481. The van der Waals surface area contributed by atoms with Crippen molar-refractivity contribution >= 4 is 17.7 Å². The summed E-state index contributed by atoms with van der Waals surface area (Å²) in [5, 5.41) is 0. The number of aromatic nitrogens is 1. The number of hydrogen-bond acceptors (Lipinski definition) is 4. The molecule has 0 bridgehead atoms. The molecule has 0 radical (unpaired) electrons. The van der Waals surface area contributed by atoms with Gasteiger partial charge in [0.25, 0.3) is 5.91 Å². The SMILES string of the molecule is O=C(NNC(=O)C1CC(=O)N(Cc2ccccc2)C1)c1cccnc1. The molecule has 7 nitrogen and oxygen atoms in total. The van der Waals surface area contributed by atoms with Crippen molar-refractivity contribution in [2.75, 3.05) is 6.54 Å². The highest BCUT2D eigenvalue weighted by molar-refractivity contribution is 5.96. The number of nitrogens with one attached hydrogen (secondary N) is 2. The minimum absolute atomic E-state index is 0.0670. The van der Waals surface area contributed by atoms with E-state index in [4.69, 9.17) is 0 Å². The molecule has 1 fully saturated rings. The molecule has 0 spiro atoms. The van der Waals surface area contributed by atoms with Crippen molar-refractivity contribution in [1.29, 1.82) is 0 Å². The molecule has 1 aliphatic heterocycles. The molecular formula is C18H18N4O3. The zero-order valence-electron chi connectivity index (χ0n) is 13.5. The molecule has 2 heterocycles. The number of pyridine rings is 1. The summed E-state index contributed by atoms with van der Waals surface area (Å²) in [5.41, 5.74) is 6.09. The van der Waals surface area contributed by atoms with Crippen LogP contribution >= 0.6 is 0 Å². The quantitative estimate of drug-likeness (QED) is 0.810. The maximum Gasteiger partial charge on any atom is 0.271 e. The second kappa shape index (κ2) is 7.57. The average Bonchev–Trinajstić information content (AvgIpc) is 3.01. The summed E-state index contributed by atoms with van der Waals surface area (Å²) < 4.78 is 0. The first-order valence-corrected chi connectivity index (χ1v) is 7.95. The molecule has 3 amide bonds. The summed E-state index contributed by atoms with van der Waals surface area (Å²) in [6.45, 7) is 0.813. The van der Waals surface area contributed by atoms with Crippen LogP contribution in [-0.2, 0) is 16.1 Å². The van der Waals surface area contributed by atoms with Crippen LogP contribution in [0.25, 0.3) is 0 Å². The Morgan fingerprint density at radius 1 is 1.12 bits per heavy atom. The van der Waals surface area contributed by atoms with Gasteiger partial charge in [-0.3, -0.25) is 30.2 Å². The fourth-order valence-corrected chi connectivity index (χ4v) is 2.69. The van der Waals surface area contributed by atoms with E-state index < -0.39 is 11.8 Å². The van der Waals surface area contributed by atoms with E-state index in [0.29, 0.717) is 18.7 Å². The minimum Gasteiger partial charge on any atom is -0.338 e. The van der Waals surface area contributed by atoms with E-state index in [1.165, 1.54) is 6.20 Å². The lowest BCUT2D eigenvalue weighted by Gasteiger charge is -2.16. The molecule has 1 aromatic heterocycles. The third-order valence-corrected chi connectivity index (χ3v) is 4.02. The zero-order valence-corrected chi connectivity index (χ0v) is 13.5. The first kappa shape index (κ1) is 16.6. The lowest BCUT2D eigenvalue weighted by Crippen LogP contribution is -2.45. The predicted octanol–water partition coefficient (Wildman–Crippen LogP) is 0.891. The Bertz CT molecular complexity index is 764. The lowest BCUT2D eigenvalue weighted by molar-refractivity contribution is -0.129. The topological polar surface area (TPSA) is 91.4 Å². The monoisotopic (exact) mass is 338 g/mol. The number of hydrogen-bond donors (Lipinski definition) is 2. The van der Waals surface area contributed by atoms with Gasteiger partial charge in [-0.2, -0.15) is 0 Å². The van der Waals surface area contributed by atoms with Gasteiger partial charge in [-0.05, 0) is 17.7 Å². The summed E-state index contributed by atoms with van der Waals surface area (Å²) in [5.74, 6) is -1.37. The van der Waals surface area contributed by atoms with Crippen LogP contribution in [0.3, 0.4) is 0 Å². The van der Waals surface area contributed by atoms with Gasteiger partial charge in [0.15, 0.2) is 0 Å². The molecule has 1 aliphatic rings. The van der Waals surface area contributed by atoms with Crippen LogP contribution in [0.1, 0.15) is 22.3 Å². The molecule has 128 valence electrons. The van der Waals surface area contributed by atoms with Crippen molar-refractivity contribution < 1.29 is 14.4 Å². The van der Waals surface area contributed by atoms with Gasteiger partial charge >= 0.3 is 0 Å². The summed E-state index contributed by atoms with van der Waals surface area (Å²) in [7, 11) is 0. The average molecular weight is 338 g/mol. The van der Waals surface area contributed by atoms with Crippen molar-refractivity contribution in [2.45, 2.75) is 13.0 Å². The Balaban J connectivity index is 1.51. The van der Waals surface area contributed by atoms with Crippen molar-refractivity contribution in [1.82, 2.24) is 20.7 Å². The van der Waals surface area contributed by atoms with Crippen LogP contribution in [0, 0.1) is 5.92 Å². The fourth-order valence-electron chi connectivity index (χ4n) is 2.69. The second-order valence-electron chi connectivity index (χ2n) is 5.85. The second-order valence-corrected chi connectivity index (χ2v) is 5.85. The Morgan fingerprint density at radius 2 is 1.92 bits per heavy atom. The van der Waals surface area contributed by atoms with Gasteiger partial charge in [0.05, 0.1) is 11.5 Å². The molecule has 1 atom stereocenters. The van der Waals surface area contributed by atoms with Crippen molar-refractivity contribution in [3.8, 4) is 0 Å². The summed E-state index contributed by atoms with van der Waals surface area (Å²) in [6, 6.07) is 12.8. The molecule has 3 rings (SSSR count). The van der Waals surface area contributed by atoms with E-state index in [9.17, 15) is 14.4 Å². The van der Waals surface area contributed by atoms with Crippen LogP contribution in [-0.4, -0.2) is 34.2 Å². The fraction of sp³-hybridized carbons (Fsp3) is 0.222. The summed E-state index contributed by atoms with van der Waals surface area (Å²) in [6.07, 6.45) is 3.10. The number of carbonyl (C=O) groups is 3. The number of benzene rings is 1. The maximum absolute atomic E-state index is 12.2. The molecular weight excluding hydrogens is 320 g/mol. The van der Waals surface area contributed by atoms with Crippen LogP contribution in [0.4, 0.5) is 0 Å². The van der Waals surface area contributed by atoms with E-state index in [-0.39, 0.29) is 18.2 Å². The Morgan fingerprint density at radius 3 is 2.64 bits per heavy atom. The van der Waals surface area contributed by atoms with Crippen molar-refractivity contribution in [2.24, 2.45) is 5.92 Å². The number of likely N-dealkylation sites (tertiary alicyclic amines) is 1. The standard InChI is InChI=1S/C18H18N4O3/c23-16-9-15(12-22(16)11-13-5-2-1-3-6-13)18(25)21-20-17(24)14-7-4-8-19-10-14/h1-8,10,15H,9,11-12H2,(H,20,24)(H,21,25). The molecule has 7 heteroatoms. The number of hydrazine groups is 1. The largest absolute Gasteiger partial charge is 0.338 e. The predicted molar refractivity (Wildman–Crippen MR) is 89.8 cm³/mol. The third-order valence-electron chi connectivity index (χ3n) is 4.02. The molecule has 2 N–H and O–H groups in total. The van der Waals surface area contributed by atoms with Gasteiger partial charge in [0, 0.05) is 31.9 Å². The molecule has 1 saturated heterocycles. The molecule has 25 heavy (non-hydrogen) atoms. The van der Waals surface area contributed by atoms with Gasteiger partial charge in [-0.25, -0.2) is 0 Å². The first-order chi connectivity index (χ1) is 12.1. The van der Waals surface area contributed by atoms with Crippen molar-refractivity contribution in [3.05, 3.63) is 66.0 Å². The Kier molecular flexibility index (Phi) is 5.03. The van der Waals surface area contributed by atoms with E-state index in [2.05, 4.69) is 15.8 Å². The molecule has 1 unspecified atom stereocenters. The van der Waals surface area contributed by atoms with E-state index in [1.54, 1.807) is 23.2 Å². The lowest BCUT2D eigenvalue weighted by atomic mass is 10.1. The highest BCUT2D eigenvalue weighted by Crippen LogP contribution is 2.20. The van der Waals surface area contributed by atoms with Gasteiger partial charge in [-0.1, -0.05) is 30.3 Å². The van der Waals surface area contributed by atoms with Crippen LogP contribution in [0.5, 0.6) is 0 Å². The normalized spacial score (nSPS) is 16.6. The Labute approximate surface area is 145 Å². The number of carbonyl (C=O) groups excluding carboxylic acids is 3.